The molecule has 10 heteroatoms. The fourth-order valence-electron chi connectivity index (χ4n) is 2.61. The first kappa shape index (κ1) is 17.0. The first-order valence-electron chi connectivity index (χ1n) is 7.68. The van der Waals surface area contributed by atoms with Crippen LogP contribution in [0.4, 0.5) is 5.82 Å². The van der Waals surface area contributed by atoms with Crippen LogP contribution in [0.5, 0.6) is 0 Å². The number of ether oxygens (including phenoxy) is 2. The Morgan fingerprint density at radius 3 is 2.71 bits per heavy atom. The van der Waals surface area contributed by atoms with Crippen LogP contribution in [-0.4, -0.2) is 87.3 Å². The number of rotatable bonds is 4. The molecule has 24 heavy (non-hydrogen) atoms. The molecule has 2 aliphatic rings. The average molecular weight is 340 g/mol. The molecule has 4 atom stereocenters. The molecular weight excluding hydrogens is 320 g/mol. The van der Waals surface area contributed by atoms with Gasteiger partial charge in [-0.15, -0.1) is 0 Å². The van der Waals surface area contributed by atoms with E-state index in [2.05, 4.69) is 9.98 Å². The minimum atomic E-state index is -1.33. The van der Waals surface area contributed by atoms with E-state index in [9.17, 15) is 15.0 Å². The molecule has 132 valence electrons. The standard InChI is InChI=1S/C14H20N4O6/c19-7-9-11(20)12(21)13(24-9)18-2-1-10(16-14(18)22)15-8-17-3-5-23-6-4-17/h1-2,8-9,11-13,19-21H,3-7H2/t9-,11+,12?,13-/m1/s1. The molecule has 0 bridgehead atoms. The lowest BCUT2D eigenvalue weighted by Crippen LogP contribution is -2.36. The van der Waals surface area contributed by atoms with E-state index in [0.717, 1.165) is 17.7 Å². The number of hydrogen-bond acceptors (Lipinski definition) is 8. The fourth-order valence-corrected chi connectivity index (χ4v) is 2.61. The number of nitrogens with zero attached hydrogens (tertiary/aromatic N) is 4. The van der Waals surface area contributed by atoms with Gasteiger partial charge in [0.2, 0.25) is 0 Å². The molecule has 3 N–H and O–H groups in total. The quantitative estimate of drug-likeness (QED) is 0.418. The Morgan fingerprint density at radius 1 is 1.33 bits per heavy atom. The number of aliphatic imine (C=N–C) groups is 1. The van der Waals surface area contributed by atoms with Crippen molar-refractivity contribution in [1.82, 2.24) is 14.5 Å². The highest BCUT2D eigenvalue weighted by Gasteiger charge is 2.43. The van der Waals surface area contributed by atoms with E-state index in [1.165, 1.54) is 12.3 Å². The van der Waals surface area contributed by atoms with Crippen molar-refractivity contribution in [2.24, 2.45) is 4.99 Å². The molecule has 2 fully saturated rings. The number of aromatic nitrogens is 2. The van der Waals surface area contributed by atoms with Crippen LogP contribution in [0, 0.1) is 0 Å². The van der Waals surface area contributed by atoms with Crippen LogP contribution < -0.4 is 5.69 Å². The Morgan fingerprint density at radius 2 is 2.08 bits per heavy atom. The summed E-state index contributed by atoms with van der Waals surface area (Å²) in [5.74, 6) is 0.231. The Hall–Kier alpha value is -1.85. The second-order valence-electron chi connectivity index (χ2n) is 5.60. The highest BCUT2D eigenvalue weighted by molar-refractivity contribution is 5.59. The van der Waals surface area contributed by atoms with Crippen LogP contribution in [0.3, 0.4) is 0 Å². The van der Waals surface area contributed by atoms with Crippen molar-refractivity contribution in [3.63, 3.8) is 0 Å². The maximum absolute atomic E-state index is 12.1. The zero-order chi connectivity index (χ0) is 17.1. The van der Waals surface area contributed by atoms with E-state index in [0.29, 0.717) is 13.2 Å². The van der Waals surface area contributed by atoms with E-state index >= 15 is 0 Å². The molecular formula is C14H20N4O6. The molecule has 0 aromatic carbocycles. The van der Waals surface area contributed by atoms with Gasteiger partial charge in [-0.25, -0.2) is 9.79 Å². The summed E-state index contributed by atoms with van der Waals surface area (Å²) >= 11 is 0. The number of aliphatic hydroxyl groups is 3. The summed E-state index contributed by atoms with van der Waals surface area (Å²) in [6.45, 7) is 2.25. The van der Waals surface area contributed by atoms with Gasteiger partial charge in [-0.3, -0.25) is 4.57 Å². The third-order valence-corrected chi connectivity index (χ3v) is 4.01. The molecule has 3 rings (SSSR count). The van der Waals surface area contributed by atoms with Crippen molar-refractivity contribution in [2.75, 3.05) is 32.9 Å². The van der Waals surface area contributed by atoms with Gasteiger partial charge in [0, 0.05) is 19.3 Å². The summed E-state index contributed by atoms with van der Waals surface area (Å²) in [4.78, 5) is 22.1. The SMILES string of the molecule is O=c1nc(N=CN2CCOCC2)ccn1[C@@H]1O[C@H](CO)[C@H](O)C1O. The van der Waals surface area contributed by atoms with Crippen LogP contribution in [0.25, 0.3) is 0 Å². The van der Waals surface area contributed by atoms with E-state index in [1.807, 2.05) is 4.90 Å². The molecule has 3 heterocycles. The molecule has 0 radical (unpaired) electrons. The van der Waals surface area contributed by atoms with Crippen molar-refractivity contribution < 1.29 is 24.8 Å². The lowest BCUT2D eigenvalue weighted by atomic mass is 10.1. The van der Waals surface area contributed by atoms with Gasteiger partial charge in [0.05, 0.1) is 26.2 Å². The summed E-state index contributed by atoms with van der Waals surface area (Å²) in [5, 5.41) is 28.8. The Bertz CT molecular complexity index is 644. The van der Waals surface area contributed by atoms with Gasteiger partial charge in [0.25, 0.3) is 0 Å². The van der Waals surface area contributed by atoms with Crippen molar-refractivity contribution in [2.45, 2.75) is 24.5 Å². The van der Waals surface area contributed by atoms with Crippen LogP contribution in [0.2, 0.25) is 0 Å². The van der Waals surface area contributed by atoms with E-state index in [-0.39, 0.29) is 5.82 Å². The van der Waals surface area contributed by atoms with E-state index < -0.39 is 36.8 Å². The highest BCUT2D eigenvalue weighted by atomic mass is 16.6. The lowest BCUT2D eigenvalue weighted by Gasteiger charge is -2.24. The molecule has 10 nitrogen and oxygen atoms in total. The second kappa shape index (κ2) is 7.36. The molecule has 2 aliphatic heterocycles. The van der Waals surface area contributed by atoms with Crippen molar-refractivity contribution >= 4 is 12.2 Å². The molecule has 2 saturated heterocycles. The predicted molar refractivity (Wildman–Crippen MR) is 82.1 cm³/mol. The van der Waals surface area contributed by atoms with Gasteiger partial charge < -0.3 is 29.7 Å². The maximum Gasteiger partial charge on any atom is 0.351 e. The zero-order valence-electron chi connectivity index (χ0n) is 12.9. The number of hydrogen-bond donors (Lipinski definition) is 3. The van der Waals surface area contributed by atoms with Gasteiger partial charge in [0.1, 0.15) is 18.3 Å². The number of aliphatic hydroxyl groups excluding tert-OH is 3. The van der Waals surface area contributed by atoms with Crippen molar-refractivity contribution in [3.05, 3.63) is 22.7 Å². The normalized spacial score (nSPS) is 31.0. The molecule has 0 saturated carbocycles. The van der Waals surface area contributed by atoms with Crippen LogP contribution >= 0.6 is 0 Å². The molecule has 0 amide bonds. The fraction of sp³-hybridized carbons (Fsp3) is 0.643. The van der Waals surface area contributed by atoms with Gasteiger partial charge in [-0.05, 0) is 6.07 Å². The lowest BCUT2D eigenvalue weighted by molar-refractivity contribution is -0.0549. The average Bonchev–Trinajstić information content (AvgIpc) is 2.89. The van der Waals surface area contributed by atoms with Crippen molar-refractivity contribution in [1.29, 1.82) is 0 Å². The first-order chi connectivity index (χ1) is 11.6. The van der Waals surface area contributed by atoms with Crippen LogP contribution in [0.1, 0.15) is 6.23 Å². The van der Waals surface area contributed by atoms with Crippen LogP contribution in [0.15, 0.2) is 22.1 Å². The molecule has 1 aromatic rings. The van der Waals surface area contributed by atoms with E-state index in [4.69, 9.17) is 14.6 Å². The predicted octanol–water partition coefficient (Wildman–Crippen LogP) is -2.15. The summed E-state index contributed by atoms with van der Waals surface area (Å²) in [5.41, 5.74) is -0.665. The Kier molecular flexibility index (Phi) is 5.21. The van der Waals surface area contributed by atoms with Gasteiger partial charge in [-0.2, -0.15) is 4.98 Å². The summed E-state index contributed by atoms with van der Waals surface area (Å²) in [7, 11) is 0. The summed E-state index contributed by atoms with van der Waals surface area (Å²) in [6.07, 6.45) is -1.65. The summed E-state index contributed by atoms with van der Waals surface area (Å²) < 4.78 is 11.6. The zero-order valence-corrected chi connectivity index (χ0v) is 12.9. The Balaban J connectivity index is 1.73. The number of morpholine rings is 1. The molecule has 1 aromatic heterocycles. The molecule has 0 spiro atoms. The molecule has 1 unspecified atom stereocenters. The largest absolute Gasteiger partial charge is 0.394 e. The van der Waals surface area contributed by atoms with Gasteiger partial charge in [0.15, 0.2) is 12.0 Å². The minimum absolute atomic E-state index is 0.231. The highest BCUT2D eigenvalue weighted by Crippen LogP contribution is 2.28. The van der Waals surface area contributed by atoms with E-state index in [1.54, 1.807) is 6.34 Å². The topological polar surface area (TPSA) is 130 Å². The van der Waals surface area contributed by atoms with Crippen molar-refractivity contribution in [3.8, 4) is 0 Å². The first-order valence-corrected chi connectivity index (χ1v) is 7.68. The maximum atomic E-state index is 12.1. The second-order valence-corrected chi connectivity index (χ2v) is 5.60. The Labute approximate surface area is 137 Å². The third-order valence-electron chi connectivity index (χ3n) is 4.01. The third kappa shape index (κ3) is 3.47. The molecule has 0 aliphatic carbocycles. The van der Waals surface area contributed by atoms with Crippen LogP contribution in [-0.2, 0) is 9.47 Å². The smallest absolute Gasteiger partial charge is 0.351 e. The summed E-state index contributed by atoms with van der Waals surface area (Å²) in [6, 6.07) is 1.51. The van der Waals surface area contributed by atoms with Gasteiger partial charge >= 0.3 is 5.69 Å². The monoisotopic (exact) mass is 340 g/mol. The van der Waals surface area contributed by atoms with Gasteiger partial charge in [-0.1, -0.05) is 0 Å². The minimum Gasteiger partial charge on any atom is -0.394 e.